The molecule has 0 atom stereocenters. The van der Waals surface area contributed by atoms with Gasteiger partial charge in [0.15, 0.2) is 5.82 Å². The Morgan fingerprint density at radius 3 is 2.42 bits per heavy atom. The van der Waals surface area contributed by atoms with E-state index in [1.165, 1.54) is 12.1 Å². The second-order valence-electron chi connectivity index (χ2n) is 5.62. The van der Waals surface area contributed by atoms with Gasteiger partial charge in [0.2, 0.25) is 0 Å². The van der Waals surface area contributed by atoms with Gasteiger partial charge in [0.25, 0.3) is 0 Å². The Morgan fingerprint density at radius 1 is 0.923 bits per heavy atom. The number of ether oxygens (including phenoxy) is 1. The summed E-state index contributed by atoms with van der Waals surface area (Å²) in [4.78, 5) is 4.62. The Balaban J connectivity index is 1.80. The van der Waals surface area contributed by atoms with Gasteiger partial charge in [-0.1, -0.05) is 6.07 Å². The maximum absolute atomic E-state index is 13.3. The summed E-state index contributed by atoms with van der Waals surface area (Å²) in [6.45, 7) is 0. The summed E-state index contributed by atoms with van der Waals surface area (Å²) in [5.74, 6) is 1.05. The number of imidazole rings is 1. The third-order valence-corrected chi connectivity index (χ3v) is 3.95. The number of azo groups is 1. The summed E-state index contributed by atoms with van der Waals surface area (Å²) < 4.78 is 20.3. The SMILES string of the molecule is COc1ccc(N=Nc2c(-c3ccc(F)cc3)nc3ccccn23)cc1. The van der Waals surface area contributed by atoms with Crippen LogP contribution in [0.15, 0.2) is 83.2 Å². The standard InChI is InChI=1S/C20H15FN4O/c1-26-17-11-9-16(10-12-17)23-24-20-19(14-5-7-15(21)8-6-14)22-18-4-2-3-13-25(18)20/h2-13H,1H3. The van der Waals surface area contributed by atoms with Crippen LogP contribution in [0, 0.1) is 5.82 Å². The fourth-order valence-corrected chi connectivity index (χ4v) is 2.63. The van der Waals surface area contributed by atoms with E-state index in [2.05, 4.69) is 15.2 Å². The normalized spacial score (nSPS) is 11.3. The zero-order valence-electron chi connectivity index (χ0n) is 14.0. The van der Waals surface area contributed by atoms with E-state index in [1.807, 2.05) is 53.1 Å². The topological polar surface area (TPSA) is 51.2 Å². The molecule has 5 nitrogen and oxygen atoms in total. The van der Waals surface area contributed by atoms with Gasteiger partial charge < -0.3 is 4.74 Å². The van der Waals surface area contributed by atoms with E-state index in [9.17, 15) is 4.39 Å². The van der Waals surface area contributed by atoms with Crippen molar-refractivity contribution >= 4 is 17.2 Å². The third kappa shape index (κ3) is 3.04. The lowest BCUT2D eigenvalue weighted by Crippen LogP contribution is -1.82. The Labute approximate surface area is 149 Å². The Kier molecular flexibility index (Phi) is 4.15. The minimum Gasteiger partial charge on any atom is -0.497 e. The van der Waals surface area contributed by atoms with Crippen LogP contribution in [0.3, 0.4) is 0 Å². The predicted molar refractivity (Wildman–Crippen MR) is 97.8 cm³/mol. The maximum atomic E-state index is 13.3. The molecule has 0 fully saturated rings. The molecule has 0 aliphatic carbocycles. The first-order valence-corrected chi connectivity index (χ1v) is 8.03. The van der Waals surface area contributed by atoms with E-state index in [0.717, 1.165) is 17.0 Å². The zero-order valence-corrected chi connectivity index (χ0v) is 14.0. The molecule has 0 aliphatic rings. The number of halogens is 1. The van der Waals surface area contributed by atoms with Crippen LogP contribution in [-0.2, 0) is 0 Å². The summed E-state index contributed by atoms with van der Waals surface area (Å²) in [7, 11) is 1.61. The molecule has 0 unspecified atom stereocenters. The van der Waals surface area contributed by atoms with Gasteiger partial charge in [0.1, 0.15) is 22.9 Å². The fourth-order valence-electron chi connectivity index (χ4n) is 2.63. The van der Waals surface area contributed by atoms with Crippen LogP contribution in [0.25, 0.3) is 16.9 Å². The molecule has 26 heavy (non-hydrogen) atoms. The minimum atomic E-state index is -0.293. The van der Waals surface area contributed by atoms with Crippen molar-refractivity contribution in [2.75, 3.05) is 7.11 Å². The first-order chi connectivity index (χ1) is 12.7. The van der Waals surface area contributed by atoms with Crippen molar-refractivity contribution in [3.63, 3.8) is 0 Å². The second kappa shape index (κ2) is 6.76. The molecule has 0 radical (unpaired) electrons. The van der Waals surface area contributed by atoms with Crippen molar-refractivity contribution in [1.29, 1.82) is 0 Å². The minimum absolute atomic E-state index is 0.293. The molecule has 2 aromatic carbocycles. The third-order valence-electron chi connectivity index (χ3n) is 3.95. The second-order valence-corrected chi connectivity index (χ2v) is 5.62. The van der Waals surface area contributed by atoms with Crippen LogP contribution in [0.2, 0.25) is 0 Å². The van der Waals surface area contributed by atoms with Gasteiger partial charge in [0, 0.05) is 11.8 Å². The van der Waals surface area contributed by atoms with Crippen molar-refractivity contribution in [2.24, 2.45) is 10.2 Å². The highest BCUT2D eigenvalue weighted by atomic mass is 19.1. The summed E-state index contributed by atoms with van der Waals surface area (Å²) in [5, 5.41) is 8.72. The molecular formula is C20H15FN4O. The lowest BCUT2D eigenvalue weighted by Gasteiger charge is -2.00. The molecule has 0 aliphatic heterocycles. The first kappa shape index (κ1) is 16.0. The molecule has 2 aromatic heterocycles. The molecule has 0 spiro atoms. The molecular weight excluding hydrogens is 331 g/mol. The van der Waals surface area contributed by atoms with Gasteiger partial charge in [-0.2, -0.15) is 0 Å². The van der Waals surface area contributed by atoms with Crippen LogP contribution in [0.4, 0.5) is 15.9 Å². The number of aromatic nitrogens is 2. The molecule has 0 bridgehead atoms. The smallest absolute Gasteiger partial charge is 0.187 e. The predicted octanol–water partition coefficient (Wildman–Crippen LogP) is 5.56. The summed E-state index contributed by atoms with van der Waals surface area (Å²) in [6, 6.07) is 19.2. The Hall–Kier alpha value is -3.54. The zero-order chi connectivity index (χ0) is 17.9. The molecule has 2 heterocycles. The summed E-state index contributed by atoms with van der Waals surface area (Å²) >= 11 is 0. The van der Waals surface area contributed by atoms with Gasteiger partial charge in [0.05, 0.1) is 12.8 Å². The monoisotopic (exact) mass is 346 g/mol. The van der Waals surface area contributed by atoms with E-state index < -0.39 is 0 Å². The molecule has 0 saturated heterocycles. The van der Waals surface area contributed by atoms with Gasteiger partial charge in [-0.3, -0.25) is 4.40 Å². The highest BCUT2D eigenvalue weighted by Crippen LogP contribution is 2.32. The van der Waals surface area contributed by atoms with Crippen LogP contribution in [-0.4, -0.2) is 16.5 Å². The number of benzene rings is 2. The molecule has 0 saturated carbocycles. The highest BCUT2D eigenvalue weighted by Gasteiger charge is 2.13. The number of fused-ring (bicyclic) bond motifs is 1. The van der Waals surface area contributed by atoms with Crippen LogP contribution < -0.4 is 4.74 Å². The van der Waals surface area contributed by atoms with Crippen molar-refractivity contribution in [3.8, 4) is 17.0 Å². The number of pyridine rings is 1. The Bertz CT molecular complexity index is 1070. The van der Waals surface area contributed by atoms with Gasteiger partial charge in [-0.15, -0.1) is 10.2 Å². The number of hydrogen-bond donors (Lipinski definition) is 0. The quantitative estimate of drug-likeness (QED) is 0.454. The van der Waals surface area contributed by atoms with E-state index in [1.54, 1.807) is 19.2 Å². The summed E-state index contributed by atoms with van der Waals surface area (Å²) in [6.07, 6.45) is 1.87. The Morgan fingerprint density at radius 2 is 1.69 bits per heavy atom. The molecule has 4 rings (SSSR count). The van der Waals surface area contributed by atoms with E-state index >= 15 is 0 Å². The summed E-state index contributed by atoms with van der Waals surface area (Å²) in [5.41, 5.74) is 2.87. The van der Waals surface area contributed by atoms with Crippen LogP contribution in [0.5, 0.6) is 5.75 Å². The number of hydrogen-bond acceptors (Lipinski definition) is 4. The first-order valence-electron chi connectivity index (χ1n) is 8.03. The fraction of sp³-hybridized carbons (Fsp3) is 0.0500. The van der Waals surface area contributed by atoms with E-state index in [-0.39, 0.29) is 5.82 Å². The van der Waals surface area contributed by atoms with Crippen LogP contribution in [0.1, 0.15) is 0 Å². The van der Waals surface area contributed by atoms with Crippen molar-refractivity contribution in [2.45, 2.75) is 0 Å². The molecule has 0 amide bonds. The van der Waals surface area contributed by atoms with E-state index in [4.69, 9.17) is 4.74 Å². The largest absolute Gasteiger partial charge is 0.497 e. The molecule has 6 heteroatoms. The average Bonchev–Trinajstić information content (AvgIpc) is 3.06. The lowest BCUT2D eigenvalue weighted by atomic mass is 10.1. The molecule has 0 N–H and O–H groups in total. The van der Waals surface area contributed by atoms with Gasteiger partial charge >= 0.3 is 0 Å². The van der Waals surface area contributed by atoms with Crippen LogP contribution >= 0.6 is 0 Å². The molecule has 4 aromatic rings. The average molecular weight is 346 g/mol. The number of rotatable bonds is 4. The van der Waals surface area contributed by atoms with Gasteiger partial charge in [-0.25, -0.2) is 9.37 Å². The van der Waals surface area contributed by atoms with Crippen molar-refractivity contribution < 1.29 is 9.13 Å². The van der Waals surface area contributed by atoms with Crippen molar-refractivity contribution in [1.82, 2.24) is 9.38 Å². The number of nitrogens with zero attached hydrogens (tertiary/aromatic N) is 4. The maximum Gasteiger partial charge on any atom is 0.187 e. The van der Waals surface area contributed by atoms with Crippen molar-refractivity contribution in [3.05, 3.63) is 78.7 Å². The van der Waals surface area contributed by atoms with Gasteiger partial charge in [-0.05, 0) is 60.7 Å². The van der Waals surface area contributed by atoms with E-state index in [0.29, 0.717) is 17.2 Å². The molecule has 128 valence electrons. The number of methoxy groups -OCH3 is 1. The lowest BCUT2D eigenvalue weighted by molar-refractivity contribution is 0.415. The highest BCUT2D eigenvalue weighted by molar-refractivity contribution is 5.74.